The van der Waals surface area contributed by atoms with Gasteiger partial charge in [-0.15, -0.1) is 11.3 Å². The lowest BCUT2D eigenvalue weighted by Crippen LogP contribution is -2.44. The summed E-state index contributed by atoms with van der Waals surface area (Å²) >= 11 is 1.40. The molecule has 0 spiro atoms. The molecule has 1 fully saturated rings. The molecule has 1 amide bonds. The average Bonchev–Trinajstić information content (AvgIpc) is 3.22. The van der Waals surface area contributed by atoms with Gasteiger partial charge in [0.25, 0.3) is 0 Å². The Kier molecular flexibility index (Phi) is 6.46. The molecule has 1 aromatic heterocycles. The molecule has 1 aliphatic heterocycles. The zero-order valence-electron chi connectivity index (χ0n) is 15.7. The number of anilines is 1. The van der Waals surface area contributed by atoms with Crippen molar-refractivity contribution in [2.24, 2.45) is 0 Å². The van der Waals surface area contributed by atoms with Gasteiger partial charge in [0.15, 0.2) is 0 Å². The molecule has 1 atom stereocenters. The third-order valence-corrected chi connectivity index (χ3v) is 5.76. The molecule has 25 heavy (non-hydrogen) atoms. The van der Waals surface area contributed by atoms with Gasteiger partial charge in [0.2, 0.25) is 5.91 Å². The largest absolute Gasteiger partial charge is 0.465 e. The van der Waals surface area contributed by atoms with E-state index in [1.807, 2.05) is 11.0 Å². The molecule has 7 heteroatoms. The second kappa shape index (κ2) is 8.19. The number of esters is 1. The number of carbonyl (C=O) groups is 2. The highest BCUT2D eigenvalue weighted by Gasteiger charge is 2.30. The Labute approximate surface area is 153 Å². The maximum Gasteiger partial charge on any atom is 0.350 e. The first-order valence-corrected chi connectivity index (χ1v) is 9.36. The van der Waals surface area contributed by atoms with Gasteiger partial charge in [-0.3, -0.25) is 4.79 Å². The first kappa shape index (κ1) is 19.7. The van der Waals surface area contributed by atoms with Gasteiger partial charge in [-0.1, -0.05) is 20.8 Å². The normalized spacial score (nSPS) is 16.0. The summed E-state index contributed by atoms with van der Waals surface area (Å²) in [5.74, 6) is -0.383. The van der Waals surface area contributed by atoms with Gasteiger partial charge in [0.1, 0.15) is 10.9 Å². The number of nitrogens with one attached hydrogen (secondary N) is 1. The molecule has 0 aliphatic carbocycles. The summed E-state index contributed by atoms with van der Waals surface area (Å²) < 4.78 is 10.1. The molecule has 1 aliphatic rings. The highest BCUT2D eigenvalue weighted by molar-refractivity contribution is 7.14. The van der Waals surface area contributed by atoms with Crippen LogP contribution in [0.1, 0.15) is 48.2 Å². The monoisotopic (exact) mass is 368 g/mol. The molecule has 0 saturated carbocycles. The first-order valence-electron chi connectivity index (χ1n) is 8.54. The van der Waals surface area contributed by atoms with E-state index in [1.165, 1.54) is 18.4 Å². The Morgan fingerprint density at radius 2 is 1.92 bits per heavy atom. The lowest BCUT2D eigenvalue weighted by molar-refractivity contribution is -0.132. The fourth-order valence-electron chi connectivity index (χ4n) is 2.80. The van der Waals surface area contributed by atoms with Gasteiger partial charge in [0, 0.05) is 25.1 Å². The standard InChI is InChI=1S/C18H28N2O4S/c1-18(2,3)14-10-12(15(25-14)17(22)24-5)19-13(11-23-4)16(21)20-8-6-7-9-20/h10,13,19H,6-9,11H2,1-5H3/t13-/m0/s1. The number of rotatable bonds is 6. The van der Waals surface area contributed by atoms with Crippen LogP contribution in [0.3, 0.4) is 0 Å². The molecule has 0 radical (unpaired) electrons. The lowest BCUT2D eigenvalue weighted by Gasteiger charge is -2.24. The van der Waals surface area contributed by atoms with E-state index in [2.05, 4.69) is 26.1 Å². The van der Waals surface area contributed by atoms with E-state index in [0.717, 1.165) is 30.8 Å². The molecule has 0 aromatic carbocycles. The fourth-order valence-corrected chi connectivity index (χ4v) is 3.90. The summed E-state index contributed by atoms with van der Waals surface area (Å²) in [6, 6.07) is 1.42. The van der Waals surface area contributed by atoms with Gasteiger partial charge < -0.3 is 19.7 Å². The molecular weight excluding hydrogens is 340 g/mol. The number of nitrogens with zero attached hydrogens (tertiary/aromatic N) is 1. The van der Waals surface area contributed by atoms with Crippen LogP contribution in [-0.2, 0) is 19.7 Å². The number of hydrogen-bond donors (Lipinski definition) is 1. The summed E-state index contributed by atoms with van der Waals surface area (Å²) in [7, 11) is 2.94. The van der Waals surface area contributed by atoms with Crippen molar-refractivity contribution in [2.75, 3.05) is 39.2 Å². The van der Waals surface area contributed by atoms with Gasteiger partial charge >= 0.3 is 5.97 Å². The van der Waals surface area contributed by atoms with Gasteiger partial charge in [-0.05, 0) is 24.3 Å². The quantitative estimate of drug-likeness (QED) is 0.782. The number of thiophene rings is 1. The third-order valence-electron chi connectivity index (χ3n) is 4.22. The van der Waals surface area contributed by atoms with Crippen molar-refractivity contribution in [3.63, 3.8) is 0 Å². The van der Waals surface area contributed by atoms with Crippen LogP contribution in [0, 0.1) is 0 Å². The van der Waals surface area contributed by atoms with Crippen molar-refractivity contribution in [3.8, 4) is 0 Å². The van der Waals surface area contributed by atoms with Crippen molar-refractivity contribution in [1.29, 1.82) is 0 Å². The molecule has 2 heterocycles. The first-order chi connectivity index (χ1) is 11.8. The van der Waals surface area contributed by atoms with Crippen LogP contribution < -0.4 is 5.32 Å². The molecule has 0 unspecified atom stereocenters. The van der Waals surface area contributed by atoms with Gasteiger partial charge in [-0.25, -0.2) is 4.79 Å². The summed E-state index contributed by atoms with van der Waals surface area (Å²) in [4.78, 5) is 28.3. The Balaban J connectivity index is 2.29. The van der Waals surface area contributed by atoms with E-state index in [9.17, 15) is 9.59 Å². The molecule has 6 nitrogen and oxygen atoms in total. The Bertz CT molecular complexity index is 615. The van der Waals surface area contributed by atoms with E-state index in [0.29, 0.717) is 10.6 Å². The highest BCUT2D eigenvalue weighted by Crippen LogP contribution is 2.36. The zero-order valence-corrected chi connectivity index (χ0v) is 16.5. The minimum absolute atomic E-state index is 0.0127. The van der Waals surface area contributed by atoms with Crippen molar-refractivity contribution in [1.82, 2.24) is 4.90 Å². The van der Waals surface area contributed by atoms with E-state index in [4.69, 9.17) is 9.47 Å². The van der Waals surface area contributed by atoms with Crippen LogP contribution >= 0.6 is 11.3 Å². The van der Waals surface area contributed by atoms with Crippen molar-refractivity contribution in [2.45, 2.75) is 45.1 Å². The highest BCUT2D eigenvalue weighted by atomic mass is 32.1. The molecule has 140 valence electrons. The van der Waals surface area contributed by atoms with E-state index in [1.54, 1.807) is 7.11 Å². The smallest absolute Gasteiger partial charge is 0.350 e. The van der Waals surface area contributed by atoms with Crippen molar-refractivity contribution >= 4 is 28.9 Å². The number of amides is 1. The number of methoxy groups -OCH3 is 2. The second-order valence-electron chi connectivity index (χ2n) is 7.28. The number of hydrogen-bond acceptors (Lipinski definition) is 6. The average molecular weight is 368 g/mol. The molecule has 1 N–H and O–H groups in total. The maximum absolute atomic E-state index is 12.8. The molecule has 1 saturated heterocycles. The Morgan fingerprint density at radius 3 is 2.44 bits per heavy atom. The summed E-state index contributed by atoms with van der Waals surface area (Å²) in [5, 5.41) is 3.23. The van der Waals surface area contributed by atoms with E-state index >= 15 is 0 Å². The van der Waals surface area contributed by atoms with Crippen LogP contribution in [0.15, 0.2) is 6.07 Å². The van der Waals surface area contributed by atoms with Crippen molar-refractivity contribution < 1.29 is 19.1 Å². The lowest BCUT2D eigenvalue weighted by atomic mass is 9.94. The summed E-state index contributed by atoms with van der Waals surface area (Å²) in [6.45, 7) is 8.07. The van der Waals surface area contributed by atoms with E-state index < -0.39 is 12.0 Å². The number of carbonyl (C=O) groups excluding carboxylic acids is 2. The molecular formula is C18H28N2O4S. The van der Waals surface area contributed by atoms with Crippen LogP contribution in [0.25, 0.3) is 0 Å². The number of ether oxygens (including phenoxy) is 2. The summed E-state index contributed by atoms with van der Waals surface area (Å²) in [5.41, 5.74) is 0.541. The SMILES string of the molecule is COC[C@H](Nc1cc(C(C)(C)C)sc1C(=O)OC)C(=O)N1CCCC1. The minimum atomic E-state index is -0.520. The molecule has 0 bridgehead atoms. The molecule has 2 rings (SSSR count). The van der Waals surface area contributed by atoms with Crippen LogP contribution in [0.4, 0.5) is 5.69 Å². The van der Waals surface area contributed by atoms with Crippen LogP contribution in [0.2, 0.25) is 0 Å². The van der Waals surface area contributed by atoms with Crippen LogP contribution in [-0.4, -0.2) is 56.7 Å². The Hall–Kier alpha value is -1.60. The fraction of sp³-hybridized carbons (Fsp3) is 0.667. The maximum atomic E-state index is 12.8. The molecule has 1 aromatic rings. The minimum Gasteiger partial charge on any atom is -0.465 e. The van der Waals surface area contributed by atoms with Crippen molar-refractivity contribution in [3.05, 3.63) is 15.8 Å². The predicted molar refractivity (Wildman–Crippen MR) is 99.5 cm³/mol. The van der Waals surface area contributed by atoms with E-state index in [-0.39, 0.29) is 17.9 Å². The topological polar surface area (TPSA) is 67.9 Å². The summed E-state index contributed by atoms with van der Waals surface area (Å²) in [6.07, 6.45) is 2.07. The third kappa shape index (κ3) is 4.73. The van der Waals surface area contributed by atoms with Gasteiger partial charge in [0.05, 0.1) is 19.4 Å². The Morgan fingerprint density at radius 1 is 1.28 bits per heavy atom. The second-order valence-corrected chi connectivity index (χ2v) is 8.33. The number of likely N-dealkylation sites (tertiary alicyclic amines) is 1. The predicted octanol–water partition coefficient (Wildman–Crippen LogP) is 2.88. The zero-order chi connectivity index (χ0) is 18.6. The van der Waals surface area contributed by atoms with Crippen LogP contribution in [0.5, 0.6) is 0 Å². The van der Waals surface area contributed by atoms with Gasteiger partial charge in [-0.2, -0.15) is 0 Å².